The highest BCUT2D eigenvalue weighted by Crippen LogP contribution is 2.20. The fourth-order valence-corrected chi connectivity index (χ4v) is 1.38. The molecular formula is C16H21N. The Hall–Kier alpha value is -1.89. The van der Waals surface area contributed by atoms with E-state index in [0.717, 1.165) is 16.7 Å². The summed E-state index contributed by atoms with van der Waals surface area (Å²) in [7, 11) is 0. The van der Waals surface area contributed by atoms with Crippen LogP contribution in [0, 0.1) is 5.41 Å². The molecule has 0 saturated carbocycles. The Labute approximate surface area is 105 Å². The molecule has 0 aromatic heterocycles. The minimum absolute atomic E-state index is 0.566. The van der Waals surface area contributed by atoms with E-state index in [-0.39, 0.29) is 0 Å². The maximum absolute atomic E-state index is 7.65. The van der Waals surface area contributed by atoms with Crippen LogP contribution in [0.1, 0.15) is 20.8 Å². The molecule has 0 fully saturated rings. The molecule has 0 radical (unpaired) electrons. The lowest BCUT2D eigenvalue weighted by atomic mass is 9.95. The summed E-state index contributed by atoms with van der Waals surface area (Å²) in [4.78, 5) is 0. The van der Waals surface area contributed by atoms with Crippen LogP contribution in [-0.2, 0) is 0 Å². The van der Waals surface area contributed by atoms with Gasteiger partial charge in [0.2, 0.25) is 0 Å². The Balaban J connectivity index is 0.000000770. The highest BCUT2D eigenvalue weighted by molar-refractivity contribution is 6.10. The van der Waals surface area contributed by atoms with E-state index >= 15 is 0 Å². The molecular weight excluding hydrogens is 206 g/mol. The zero-order valence-corrected chi connectivity index (χ0v) is 11.0. The van der Waals surface area contributed by atoms with E-state index in [1.165, 1.54) is 0 Å². The van der Waals surface area contributed by atoms with Crippen molar-refractivity contribution in [3.05, 3.63) is 72.4 Å². The van der Waals surface area contributed by atoms with Crippen molar-refractivity contribution in [3.63, 3.8) is 0 Å². The number of allylic oxidation sites excluding steroid dienone is 10. The van der Waals surface area contributed by atoms with Crippen LogP contribution in [0.2, 0.25) is 0 Å². The Morgan fingerprint density at radius 1 is 1.18 bits per heavy atom. The topological polar surface area (TPSA) is 23.9 Å². The highest BCUT2D eigenvalue weighted by Gasteiger charge is 2.07. The van der Waals surface area contributed by atoms with E-state index in [2.05, 4.69) is 13.2 Å². The summed E-state index contributed by atoms with van der Waals surface area (Å²) < 4.78 is 0. The number of rotatable bonds is 2. The molecule has 1 rings (SSSR count). The summed E-state index contributed by atoms with van der Waals surface area (Å²) in [5.74, 6) is 0. The van der Waals surface area contributed by atoms with Crippen LogP contribution in [0.15, 0.2) is 72.4 Å². The van der Waals surface area contributed by atoms with Gasteiger partial charge in [-0.2, -0.15) is 0 Å². The standard InChI is InChI=1S/C13H15N.C3H6/c1-4-10(5-2)12-7-8-13(14)11(6-3)9-12;1-3-2/h4-9,14H,1H2,2-3H3;3H,1H2,2H3/b10-5+,11-6-,14-13?;. The number of hydrogen-bond acceptors (Lipinski definition) is 1. The first kappa shape index (κ1) is 15.1. The molecule has 1 aliphatic rings. The molecule has 90 valence electrons. The average molecular weight is 227 g/mol. The molecule has 0 atom stereocenters. The minimum Gasteiger partial charge on any atom is -0.300 e. The third-order valence-electron chi connectivity index (χ3n) is 2.23. The molecule has 0 aromatic carbocycles. The van der Waals surface area contributed by atoms with Gasteiger partial charge in [-0.3, -0.25) is 0 Å². The van der Waals surface area contributed by atoms with E-state index in [9.17, 15) is 0 Å². The van der Waals surface area contributed by atoms with Crippen LogP contribution in [0.3, 0.4) is 0 Å². The van der Waals surface area contributed by atoms with Crippen molar-refractivity contribution in [1.82, 2.24) is 0 Å². The molecule has 1 aliphatic carbocycles. The fourth-order valence-electron chi connectivity index (χ4n) is 1.38. The highest BCUT2D eigenvalue weighted by atomic mass is 14.4. The van der Waals surface area contributed by atoms with Gasteiger partial charge in [0.05, 0.1) is 5.71 Å². The van der Waals surface area contributed by atoms with Gasteiger partial charge in [0.15, 0.2) is 0 Å². The van der Waals surface area contributed by atoms with E-state index in [1.807, 2.05) is 57.2 Å². The molecule has 0 amide bonds. The molecule has 1 heteroatoms. The smallest absolute Gasteiger partial charge is 0.0609 e. The van der Waals surface area contributed by atoms with Crippen LogP contribution in [0.5, 0.6) is 0 Å². The van der Waals surface area contributed by atoms with Gasteiger partial charge >= 0.3 is 0 Å². The zero-order valence-electron chi connectivity index (χ0n) is 11.0. The first-order valence-electron chi connectivity index (χ1n) is 5.65. The molecule has 0 bridgehead atoms. The summed E-state index contributed by atoms with van der Waals surface area (Å²) in [5, 5.41) is 7.65. The van der Waals surface area contributed by atoms with Crippen molar-refractivity contribution < 1.29 is 0 Å². The first-order valence-corrected chi connectivity index (χ1v) is 5.65. The molecule has 0 spiro atoms. The van der Waals surface area contributed by atoms with Crippen LogP contribution < -0.4 is 0 Å². The van der Waals surface area contributed by atoms with Crippen LogP contribution in [0.25, 0.3) is 0 Å². The zero-order chi connectivity index (χ0) is 13.3. The Morgan fingerprint density at radius 3 is 2.18 bits per heavy atom. The second-order valence-electron chi connectivity index (χ2n) is 3.45. The van der Waals surface area contributed by atoms with Crippen molar-refractivity contribution in [3.8, 4) is 0 Å². The quantitative estimate of drug-likeness (QED) is 0.519. The molecule has 0 aromatic rings. The number of hydrogen-bond donors (Lipinski definition) is 1. The van der Waals surface area contributed by atoms with Gasteiger partial charge in [0.25, 0.3) is 0 Å². The maximum atomic E-state index is 7.65. The van der Waals surface area contributed by atoms with E-state index in [1.54, 1.807) is 6.08 Å². The summed E-state index contributed by atoms with van der Waals surface area (Å²) >= 11 is 0. The summed E-state index contributed by atoms with van der Waals surface area (Å²) in [6, 6.07) is 0. The monoisotopic (exact) mass is 227 g/mol. The molecule has 0 saturated heterocycles. The molecule has 0 unspecified atom stereocenters. The second-order valence-corrected chi connectivity index (χ2v) is 3.45. The fraction of sp³-hybridized carbons (Fsp3) is 0.188. The lowest BCUT2D eigenvalue weighted by Gasteiger charge is -2.10. The van der Waals surface area contributed by atoms with Gasteiger partial charge in [-0.1, -0.05) is 37.0 Å². The largest absolute Gasteiger partial charge is 0.300 e. The van der Waals surface area contributed by atoms with Gasteiger partial charge in [-0.05, 0) is 49.6 Å². The molecule has 0 heterocycles. The first-order chi connectivity index (χ1) is 8.14. The second kappa shape index (κ2) is 8.28. The molecule has 0 aliphatic heterocycles. The van der Waals surface area contributed by atoms with Gasteiger partial charge < -0.3 is 5.41 Å². The van der Waals surface area contributed by atoms with E-state index < -0.39 is 0 Å². The Bertz CT molecular complexity index is 409. The molecule has 1 nitrogen and oxygen atoms in total. The minimum atomic E-state index is 0.566. The normalized spacial score (nSPS) is 17.1. The summed E-state index contributed by atoms with van der Waals surface area (Å²) in [5.41, 5.74) is 3.75. The Kier molecular flexibility index (Phi) is 7.36. The predicted molar refractivity (Wildman–Crippen MR) is 78.5 cm³/mol. The van der Waals surface area contributed by atoms with Crippen molar-refractivity contribution in [2.24, 2.45) is 0 Å². The van der Waals surface area contributed by atoms with Crippen LogP contribution >= 0.6 is 0 Å². The summed E-state index contributed by atoms with van der Waals surface area (Å²) in [6.45, 7) is 12.9. The van der Waals surface area contributed by atoms with Gasteiger partial charge in [0, 0.05) is 0 Å². The third kappa shape index (κ3) is 4.64. The Morgan fingerprint density at radius 2 is 1.76 bits per heavy atom. The predicted octanol–water partition coefficient (Wildman–Crippen LogP) is 4.77. The van der Waals surface area contributed by atoms with Crippen LogP contribution in [-0.4, -0.2) is 5.71 Å². The lowest BCUT2D eigenvalue weighted by Crippen LogP contribution is -2.01. The maximum Gasteiger partial charge on any atom is 0.0609 e. The van der Waals surface area contributed by atoms with E-state index in [0.29, 0.717) is 5.71 Å². The average Bonchev–Trinajstić information content (AvgIpc) is 2.33. The van der Waals surface area contributed by atoms with Gasteiger partial charge in [0.1, 0.15) is 0 Å². The lowest BCUT2D eigenvalue weighted by molar-refractivity contribution is 1.42. The van der Waals surface area contributed by atoms with Gasteiger partial charge in [-0.25, -0.2) is 0 Å². The van der Waals surface area contributed by atoms with E-state index in [4.69, 9.17) is 5.41 Å². The van der Waals surface area contributed by atoms with Gasteiger partial charge in [-0.15, -0.1) is 6.58 Å². The molecule has 17 heavy (non-hydrogen) atoms. The third-order valence-corrected chi connectivity index (χ3v) is 2.23. The van der Waals surface area contributed by atoms with Crippen molar-refractivity contribution in [2.75, 3.05) is 0 Å². The summed E-state index contributed by atoms with van der Waals surface area (Å²) in [6.07, 6.45) is 13.3. The number of nitrogens with one attached hydrogen (secondary N) is 1. The van der Waals surface area contributed by atoms with Crippen molar-refractivity contribution in [2.45, 2.75) is 20.8 Å². The van der Waals surface area contributed by atoms with Crippen molar-refractivity contribution in [1.29, 1.82) is 5.41 Å². The SMILES string of the molecule is C=C/C(=C\C)C1=C/C(=C/C)C(=N)C=C1.C=CC. The van der Waals surface area contributed by atoms with Crippen LogP contribution in [0.4, 0.5) is 0 Å². The van der Waals surface area contributed by atoms with Crippen molar-refractivity contribution >= 4 is 5.71 Å². The molecule has 1 N–H and O–H groups in total.